The zero-order chi connectivity index (χ0) is 9.19. The number of halogens is 3. The Bertz CT molecular complexity index is 172. The van der Waals surface area contributed by atoms with E-state index in [0.29, 0.717) is 0 Å². The first kappa shape index (κ1) is 9.35. The molecule has 1 saturated carbocycles. The van der Waals surface area contributed by atoms with E-state index in [2.05, 4.69) is 4.74 Å². The van der Waals surface area contributed by atoms with Crippen LogP contribution >= 0.6 is 0 Å². The van der Waals surface area contributed by atoms with Gasteiger partial charge in [-0.2, -0.15) is 13.2 Å². The van der Waals surface area contributed by atoms with Gasteiger partial charge in [0.15, 0.2) is 6.61 Å². The number of hydrogen-bond acceptors (Lipinski definition) is 2. The topological polar surface area (TPSA) is 26.3 Å². The Morgan fingerprint density at radius 1 is 1.42 bits per heavy atom. The minimum atomic E-state index is -4.40. The summed E-state index contributed by atoms with van der Waals surface area (Å²) in [4.78, 5) is 10.6. The first-order valence-corrected chi connectivity index (χ1v) is 3.70. The molecule has 1 aliphatic rings. The van der Waals surface area contributed by atoms with E-state index in [9.17, 15) is 18.0 Å². The van der Waals surface area contributed by atoms with Gasteiger partial charge < -0.3 is 4.74 Å². The van der Waals surface area contributed by atoms with Crippen molar-refractivity contribution in [2.24, 2.45) is 5.92 Å². The molecule has 0 aromatic carbocycles. The maximum Gasteiger partial charge on any atom is 0.422 e. The third kappa shape index (κ3) is 4.20. The summed E-state index contributed by atoms with van der Waals surface area (Å²) >= 11 is 0. The van der Waals surface area contributed by atoms with Gasteiger partial charge in [-0.05, 0) is 18.8 Å². The Morgan fingerprint density at radius 3 is 2.42 bits per heavy atom. The number of esters is 1. The highest BCUT2D eigenvalue weighted by Gasteiger charge is 2.31. The zero-order valence-corrected chi connectivity index (χ0v) is 6.36. The fraction of sp³-hybridized carbons (Fsp3) is 0.857. The van der Waals surface area contributed by atoms with Crippen LogP contribution in [0.1, 0.15) is 19.3 Å². The van der Waals surface area contributed by atoms with E-state index in [0.717, 1.165) is 12.8 Å². The summed E-state index contributed by atoms with van der Waals surface area (Å²) in [6.07, 6.45) is -2.41. The van der Waals surface area contributed by atoms with Crippen LogP contribution in [-0.2, 0) is 9.53 Å². The van der Waals surface area contributed by atoms with Crippen molar-refractivity contribution in [1.82, 2.24) is 0 Å². The minimum Gasteiger partial charge on any atom is -0.456 e. The molecule has 0 unspecified atom stereocenters. The van der Waals surface area contributed by atoms with Gasteiger partial charge in [0, 0.05) is 6.42 Å². The summed E-state index contributed by atoms with van der Waals surface area (Å²) in [5.41, 5.74) is 0. The maximum absolute atomic E-state index is 11.5. The third-order valence-corrected chi connectivity index (χ3v) is 1.55. The summed E-state index contributed by atoms with van der Waals surface area (Å²) in [7, 11) is 0. The molecule has 0 radical (unpaired) electrons. The molecular formula is C7H9F3O2. The second-order valence-electron chi connectivity index (χ2n) is 2.92. The summed E-state index contributed by atoms with van der Waals surface area (Å²) in [5, 5.41) is 0. The van der Waals surface area contributed by atoms with Crippen LogP contribution < -0.4 is 0 Å². The van der Waals surface area contributed by atoms with E-state index in [1.165, 1.54) is 0 Å². The molecule has 5 heteroatoms. The van der Waals surface area contributed by atoms with Crippen molar-refractivity contribution in [1.29, 1.82) is 0 Å². The molecule has 0 spiro atoms. The molecule has 12 heavy (non-hydrogen) atoms. The molecule has 1 fully saturated rings. The van der Waals surface area contributed by atoms with Crippen molar-refractivity contribution < 1.29 is 22.7 Å². The van der Waals surface area contributed by atoms with Crippen LogP contribution in [0, 0.1) is 5.92 Å². The SMILES string of the molecule is O=C(CC1CC1)OCC(F)(F)F. The Morgan fingerprint density at radius 2 is 2.00 bits per heavy atom. The molecule has 0 atom stereocenters. The molecular weight excluding hydrogens is 173 g/mol. The Kier molecular flexibility index (Phi) is 2.59. The van der Waals surface area contributed by atoms with Gasteiger partial charge in [-0.1, -0.05) is 0 Å². The van der Waals surface area contributed by atoms with Gasteiger partial charge >= 0.3 is 12.1 Å². The van der Waals surface area contributed by atoms with E-state index >= 15 is 0 Å². The predicted molar refractivity (Wildman–Crippen MR) is 34.4 cm³/mol. The molecule has 0 N–H and O–H groups in total. The minimum absolute atomic E-state index is 0.135. The van der Waals surface area contributed by atoms with E-state index in [4.69, 9.17) is 0 Å². The summed E-state index contributed by atoms with van der Waals surface area (Å²) < 4.78 is 38.5. The van der Waals surface area contributed by atoms with Crippen molar-refractivity contribution in [2.75, 3.05) is 6.61 Å². The molecule has 2 nitrogen and oxygen atoms in total. The van der Waals surface area contributed by atoms with Crippen molar-refractivity contribution in [3.63, 3.8) is 0 Å². The summed E-state index contributed by atoms with van der Waals surface area (Å²) in [6.45, 7) is -1.46. The van der Waals surface area contributed by atoms with Gasteiger partial charge in [0.05, 0.1) is 0 Å². The van der Waals surface area contributed by atoms with Gasteiger partial charge in [0.1, 0.15) is 0 Å². The van der Waals surface area contributed by atoms with Crippen LogP contribution in [0.2, 0.25) is 0 Å². The predicted octanol–water partition coefficient (Wildman–Crippen LogP) is 1.89. The van der Waals surface area contributed by atoms with Crippen LogP contribution in [0.25, 0.3) is 0 Å². The Hall–Kier alpha value is -0.740. The van der Waals surface area contributed by atoms with Crippen LogP contribution in [-0.4, -0.2) is 18.8 Å². The summed E-state index contributed by atoms with van der Waals surface area (Å²) in [6, 6.07) is 0. The molecule has 0 aliphatic heterocycles. The monoisotopic (exact) mass is 182 g/mol. The average molecular weight is 182 g/mol. The zero-order valence-electron chi connectivity index (χ0n) is 6.36. The molecule has 1 rings (SSSR count). The van der Waals surface area contributed by atoms with Crippen LogP contribution in [0.5, 0.6) is 0 Å². The standard InChI is InChI=1S/C7H9F3O2/c8-7(9,10)4-12-6(11)3-5-1-2-5/h5H,1-4H2. The Balaban J connectivity index is 2.09. The fourth-order valence-corrected chi connectivity index (χ4v) is 0.779. The lowest BCUT2D eigenvalue weighted by atomic mass is 10.3. The molecule has 0 saturated heterocycles. The second-order valence-corrected chi connectivity index (χ2v) is 2.92. The molecule has 1 aliphatic carbocycles. The van der Waals surface area contributed by atoms with Crippen molar-refractivity contribution in [3.8, 4) is 0 Å². The van der Waals surface area contributed by atoms with Gasteiger partial charge in [-0.3, -0.25) is 4.79 Å². The highest BCUT2D eigenvalue weighted by Crippen LogP contribution is 2.32. The van der Waals surface area contributed by atoms with Gasteiger partial charge in [-0.15, -0.1) is 0 Å². The van der Waals surface area contributed by atoms with Crippen molar-refractivity contribution >= 4 is 5.97 Å². The fourth-order valence-electron chi connectivity index (χ4n) is 0.779. The van der Waals surface area contributed by atoms with Crippen LogP contribution in [0.3, 0.4) is 0 Å². The molecule has 0 bridgehead atoms. The highest BCUT2D eigenvalue weighted by molar-refractivity contribution is 5.70. The van der Waals surface area contributed by atoms with E-state index in [-0.39, 0.29) is 12.3 Å². The maximum atomic E-state index is 11.5. The van der Waals surface area contributed by atoms with Crippen molar-refractivity contribution in [2.45, 2.75) is 25.4 Å². The molecule has 70 valence electrons. The van der Waals surface area contributed by atoms with E-state index in [1.54, 1.807) is 0 Å². The normalized spacial score (nSPS) is 17.6. The first-order valence-electron chi connectivity index (χ1n) is 3.70. The van der Waals surface area contributed by atoms with Crippen LogP contribution in [0.15, 0.2) is 0 Å². The lowest BCUT2D eigenvalue weighted by Crippen LogP contribution is -2.20. The smallest absolute Gasteiger partial charge is 0.422 e. The molecule has 0 heterocycles. The van der Waals surface area contributed by atoms with E-state index < -0.39 is 18.8 Å². The lowest BCUT2D eigenvalue weighted by molar-refractivity contribution is -0.186. The van der Waals surface area contributed by atoms with Gasteiger partial charge in [-0.25, -0.2) is 0 Å². The van der Waals surface area contributed by atoms with E-state index in [1.807, 2.05) is 0 Å². The number of carbonyl (C=O) groups is 1. The second kappa shape index (κ2) is 3.33. The quantitative estimate of drug-likeness (QED) is 0.623. The number of ether oxygens (including phenoxy) is 1. The van der Waals surface area contributed by atoms with Crippen molar-refractivity contribution in [3.05, 3.63) is 0 Å². The highest BCUT2D eigenvalue weighted by atomic mass is 19.4. The number of hydrogen-bond donors (Lipinski definition) is 0. The van der Waals surface area contributed by atoms with Gasteiger partial charge in [0.2, 0.25) is 0 Å². The third-order valence-electron chi connectivity index (χ3n) is 1.55. The number of alkyl halides is 3. The molecule has 0 aromatic rings. The summed E-state index contributed by atoms with van der Waals surface area (Å²) in [5.74, 6) is -0.472. The first-order chi connectivity index (χ1) is 5.47. The molecule has 0 aromatic heterocycles. The largest absolute Gasteiger partial charge is 0.456 e. The Labute approximate surface area is 67.7 Å². The lowest BCUT2D eigenvalue weighted by Gasteiger charge is -2.06. The number of carbonyl (C=O) groups excluding carboxylic acids is 1. The van der Waals surface area contributed by atoms with Crippen LogP contribution in [0.4, 0.5) is 13.2 Å². The number of rotatable bonds is 3. The average Bonchev–Trinajstić information content (AvgIpc) is 2.66. The van der Waals surface area contributed by atoms with Gasteiger partial charge in [0.25, 0.3) is 0 Å². The molecule has 0 amide bonds.